The van der Waals surface area contributed by atoms with Crippen molar-refractivity contribution in [3.05, 3.63) is 40.7 Å². The summed E-state index contributed by atoms with van der Waals surface area (Å²) in [5.41, 5.74) is -3.21. The van der Waals surface area contributed by atoms with Crippen LogP contribution in [0.25, 0.3) is 16.1 Å². The number of rotatable bonds is 5. The van der Waals surface area contributed by atoms with Gasteiger partial charge in [0, 0.05) is 11.6 Å². The second kappa shape index (κ2) is 11.2. The van der Waals surface area contributed by atoms with Gasteiger partial charge in [-0.2, -0.15) is 10.00 Å². The molecule has 0 saturated heterocycles. The number of methoxy groups -OCH3 is 1. The third kappa shape index (κ3) is 7.06. The highest BCUT2D eigenvalue weighted by Crippen LogP contribution is 2.42. The second-order valence-electron chi connectivity index (χ2n) is 10.6. The topological polar surface area (TPSA) is 104 Å². The molecule has 38 heavy (non-hydrogen) atoms. The number of carbonyl (C=O) groups excluding carboxylic acids is 3. The summed E-state index contributed by atoms with van der Waals surface area (Å²) in [4.78, 5) is 42.1. The minimum Gasteiger partial charge on any atom is -0.469 e. The summed E-state index contributed by atoms with van der Waals surface area (Å²) in [6.07, 6.45) is -2.90. The number of amides is 2. The minimum absolute atomic E-state index is 0.145. The molecule has 0 aliphatic rings. The number of imide groups is 1. The average Bonchev–Trinajstić information content (AvgIpc) is 3.12. The summed E-state index contributed by atoms with van der Waals surface area (Å²) in [6, 6.07) is 1.32. The van der Waals surface area contributed by atoms with Crippen molar-refractivity contribution in [2.75, 3.05) is 12.0 Å². The molecule has 12 heteroatoms. The van der Waals surface area contributed by atoms with Crippen LogP contribution in [-0.2, 0) is 25.4 Å². The standard InChI is InChI=1S/C26H32F2N4O6/c1-14(2)32-22(31(23(34)37-25(3,4)5)24(35)38-26(6,7)8)21(29-9)20(30-32)15-11-17(27)16(18(28)12-15)13-19(33)36-10/h11-12,14H,13H2,1-8,10H3. The van der Waals surface area contributed by atoms with Crippen LogP contribution in [0, 0.1) is 18.2 Å². The van der Waals surface area contributed by atoms with Crippen LogP contribution in [0.2, 0.25) is 0 Å². The van der Waals surface area contributed by atoms with E-state index in [4.69, 9.17) is 16.0 Å². The first kappa shape index (κ1) is 30.2. The lowest BCUT2D eigenvalue weighted by molar-refractivity contribution is -0.139. The second-order valence-corrected chi connectivity index (χ2v) is 10.6. The van der Waals surface area contributed by atoms with Crippen LogP contribution in [0.15, 0.2) is 12.1 Å². The molecule has 1 aromatic heterocycles. The number of benzene rings is 1. The first-order valence-electron chi connectivity index (χ1n) is 11.7. The Morgan fingerprint density at radius 1 is 1.03 bits per heavy atom. The fourth-order valence-corrected chi connectivity index (χ4v) is 3.27. The van der Waals surface area contributed by atoms with E-state index >= 15 is 0 Å². The molecule has 0 aliphatic carbocycles. The molecule has 10 nitrogen and oxygen atoms in total. The third-order valence-electron chi connectivity index (χ3n) is 4.79. The van der Waals surface area contributed by atoms with E-state index < -0.39 is 59.0 Å². The molecule has 2 aromatic rings. The van der Waals surface area contributed by atoms with Crippen molar-refractivity contribution in [2.24, 2.45) is 0 Å². The van der Waals surface area contributed by atoms with Gasteiger partial charge in [0.2, 0.25) is 0 Å². The first-order valence-corrected chi connectivity index (χ1v) is 11.7. The van der Waals surface area contributed by atoms with Crippen LogP contribution in [-0.4, -0.2) is 46.2 Å². The predicted molar refractivity (Wildman–Crippen MR) is 135 cm³/mol. The van der Waals surface area contributed by atoms with Crippen LogP contribution in [0.5, 0.6) is 0 Å². The zero-order chi connectivity index (χ0) is 29.2. The van der Waals surface area contributed by atoms with Gasteiger partial charge in [0.1, 0.15) is 28.5 Å². The molecule has 0 N–H and O–H groups in total. The summed E-state index contributed by atoms with van der Waals surface area (Å²) < 4.78 is 46.2. The lowest BCUT2D eigenvalue weighted by atomic mass is 10.0. The summed E-state index contributed by atoms with van der Waals surface area (Å²) >= 11 is 0. The van der Waals surface area contributed by atoms with Crippen LogP contribution in [0.1, 0.15) is 67.0 Å². The van der Waals surface area contributed by atoms with E-state index in [-0.39, 0.29) is 22.8 Å². The molecule has 1 aromatic carbocycles. The molecule has 206 valence electrons. The Labute approximate surface area is 220 Å². The van der Waals surface area contributed by atoms with Gasteiger partial charge in [-0.1, -0.05) is 0 Å². The van der Waals surface area contributed by atoms with Gasteiger partial charge in [0.15, 0.2) is 5.82 Å². The van der Waals surface area contributed by atoms with Gasteiger partial charge < -0.3 is 14.2 Å². The fraction of sp³-hybridized carbons (Fsp3) is 0.500. The molecule has 0 atom stereocenters. The van der Waals surface area contributed by atoms with Gasteiger partial charge >= 0.3 is 18.2 Å². The van der Waals surface area contributed by atoms with Crippen molar-refractivity contribution in [3.63, 3.8) is 0 Å². The molecular formula is C26H32F2N4O6. The molecule has 0 radical (unpaired) electrons. The van der Waals surface area contributed by atoms with Crippen molar-refractivity contribution >= 4 is 29.7 Å². The van der Waals surface area contributed by atoms with Gasteiger partial charge in [-0.05, 0) is 73.1 Å². The lowest BCUT2D eigenvalue weighted by Crippen LogP contribution is -2.44. The number of ether oxygens (including phenoxy) is 3. The van der Waals surface area contributed by atoms with Crippen molar-refractivity contribution in [2.45, 2.75) is 79.1 Å². The normalized spacial score (nSPS) is 11.7. The lowest BCUT2D eigenvalue weighted by Gasteiger charge is -2.29. The molecule has 0 fully saturated rings. The van der Waals surface area contributed by atoms with Crippen molar-refractivity contribution in [1.82, 2.24) is 9.78 Å². The maximum absolute atomic E-state index is 14.9. The van der Waals surface area contributed by atoms with E-state index in [2.05, 4.69) is 14.7 Å². The zero-order valence-corrected chi connectivity index (χ0v) is 22.9. The minimum atomic E-state index is -1.13. The fourth-order valence-electron chi connectivity index (χ4n) is 3.27. The van der Waals surface area contributed by atoms with Crippen LogP contribution >= 0.6 is 0 Å². The number of nitrogens with zero attached hydrogens (tertiary/aromatic N) is 4. The van der Waals surface area contributed by atoms with E-state index in [1.54, 1.807) is 55.4 Å². The van der Waals surface area contributed by atoms with E-state index in [9.17, 15) is 23.2 Å². The number of carbonyl (C=O) groups is 3. The summed E-state index contributed by atoms with van der Waals surface area (Å²) in [5.74, 6) is -3.24. The Kier molecular flexibility index (Phi) is 8.88. The summed E-state index contributed by atoms with van der Waals surface area (Å²) in [7, 11) is 1.09. The van der Waals surface area contributed by atoms with E-state index in [1.807, 2.05) is 0 Å². The highest BCUT2D eigenvalue weighted by Gasteiger charge is 2.39. The number of esters is 1. The summed E-state index contributed by atoms with van der Waals surface area (Å²) in [5, 5.41) is 4.34. The Bertz CT molecular complexity index is 1230. The molecule has 0 spiro atoms. The van der Waals surface area contributed by atoms with Gasteiger partial charge in [0.25, 0.3) is 5.69 Å². The van der Waals surface area contributed by atoms with Crippen LogP contribution in [0.4, 0.5) is 29.9 Å². The number of anilines is 1. The Hall–Kier alpha value is -4.01. The number of aromatic nitrogens is 2. The maximum Gasteiger partial charge on any atom is 0.424 e. The number of hydrogen-bond donors (Lipinski definition) is 0. The Morgan fingerprint density at radius 3 is 1.87 bits per heavy atom. The molecule has 0 unspecified atom stereocenters. The molecule has 2 amide bonds. The SMILES string of the molecule is [C-]#[N+]c1c(-c2cc(F)c(CC(=O)OC)c(F)c2)nn(C(C)C)c1N(C(=O)OC(C)(C)C)C(=O)OC(C)(C)C. The molecule has 0 aliphatic heterocycles. The molecule has 2 rings (SSSR count). The molecular weight excluding hydrogens is 502 g/mol. The maximum atomic E-state index is 14.9. The molecule has 0 saturated carbocycles. The van der Waals surface area contributed by atoms with Crippen molar-refractivity contribution < 1.29 is 37.4 Å². The van der Waals surface area contributed by atoms with Crippen molar-refractivity contribution in [3.8, 4) is 11.3 Å². The third-order valence-corrected chi connectivity index (χ3v) is 4.79. The van der Waals surface area contributed by atoms with Gasteiger partial charge in [-0.3, -0.25) is 9.48 Å². The van der Waals surface area contributed by atoms with E-state index in [0.717, 1.165) is 19.2 Å². The van der Waals surface area contributed by atoms with Gasteiger partial charge in [0.05, 0.1) is 20.1 Å². The largest absolute Gasteiger partial charge is 0.469 e. The average molecular weight is 535 g/mol. The molecule has 0 bridgehead atoms. The predicted octanol–water partition coefficient (Wildman–Crippen LogP) is 6.35. The number of hydrogen-bond acceptors (Lipinski definition) is 7. The Balaban J connectivity index is 2.83. The van der Waals surface area contributed by atoms with Gasteiger partial charge in [-0.25, -0.2) is 23.2 Å². The van der Waals surface area contributed by atoms with Crippen LogP contribution in [0.3, 0.4) is 0 Å². The highest BCUT2D eigenvalue weighted by atomic mass is 19.1. The first-order chi connectivity index (χ1) is 17.4. The smallest absolute Gasteiger partial charge is 0.424 e. The Morgan fingerprint density at radius 2 is 1.50 bits per heavy atom. The quantitative estimate of drug-likeness (QED) is 0.250. The van der Waals surface area contributed by atoms with Crippen LogP contribution < -0.4 is 4.90 Å². The highest BCUT2D eigenvalue weighted by molar-refractivity contribution is 6.12. The van der Waals surface area contributed by atoms with Gasteiger partial charge in [-0.15, -0.1) is 0 Å². The summed E-state index contributed by atoms with van der Waals surface area (Å²) in [6.45, 7) is 20.8. The zero-order valence-electron chi connectivity index (χ0n) is 22.9. The molecule has 1 heterocycles. The monoisotopic (exact) mass is 534 g/mol. The van der Waals surface area contributed by atoms with E-state index in [0.29, 0.717) is 4.90 Å². The van der Waals surface area contributed by atoms with E-state index in [1.165, 1.54) is 4.68 Å². The van der Waals surface area contributed by atoms with Crippen molar-refractivity contribution in [1.29, 1.82) is 0 Å². The number of halogens is 2.